The predicted octanol–water partition coefficient (Wildman–Crippen LogP) is 3.14. The summed E-state index contributed by atoms with van der Waals surface area (Å²) < 4.78 is 31.3. The maximum absolute atomic E-state index is 13.3. The van der Waals surface area contributed by atoms with Crippen LogP contribution in [0.4, 0.5) is 8.78 Å². The smallest absolute Gasteiger partial charge is 0.179 e. The second-order valence-electron chi connectivity index (χ2n) is 5.55. The van der Waals surface area contributed by atoms with E-state index in [1.807, 2.05) is 4.90 Å². The Hall–Kier alpha value is -1.33. The second kappa shape index (κ2) is 8.20. The number of methoxy groups -OCH3 is 1. The van der Waals surface area contributed by atoms with Crippen LogP contribution in [-0.2, 0) is 4.74 Å². The maximum atomic E-state index is 13.3. The van der Waals surface area contributed by atoms with E-state index in [-0.39, 0.29) is 11.3 Å². The number of Topliss-reactive ketones (excluding diaryl/α,β-unsaturated/α-hetero) is 1. The Labute approximate surface area is 124 Å². The molecule has 0 fully saturated rings. The van der Waals surface area contributed by atoms with Crippen molar-refractivity contribution in [3.63, 3.8) is 0 Å². The lowest BCUT2D eigenvalue weighted by Gasteiger charge is -2.29. The highest BCUT2D eigenvalue weighted by atomic mass is 19.2. The van der Waals surface area contributed by atoms with E-state index in [9.17, 15) is 13.6 Å². The minimum atomic E-state index is -1.000. The van der Waals surface area contributed by atoms with E-state index in [2.05, 4.69) is 13.8 Å². The van der Waals surface area contributed by atoms with Gasteiger partial charge in [-0.3, -0.25) is 9.69 Å². The summed E-state index contributed by atoms with van der Waals surface area (Å²) in [5.74, 6) is -1.77. The molecule has 1 rings (SSSR count). The summed E-state index contributed by atoms with van der Waals surface area (Å²) in [6.45, 7) is 7.78. The lowest BCUT2D eigenvalue weighted by Crippen LogP contribution is -2.43. The van der Waals surface area contributed by atoms with Crippen molar-refractivity contribution in [3.05, 3.63) is 35.4 Å². The molecular weight excluding hydrogens is 276 g/mol. The standard InChI is InChI=1S/C16H23F2NO2/c1-11(2)10-19(7-8-21-4)12(3)16(20)13-5-6-14(17)15(18)9-13/h5-6,9,11-12H,7-8,10H2,1-4H3. The SMILES string of the molecule is COCCN(CC(C)C)C(C)C(=O)c1ccc(F)c(F)c1. The van der Waals surface area contributed by atoms with E-state index < -0.39 is 17.7 Å². The van der Waals surface area contributed by atoms with E-state index >= 15 is 0 Å². The van der Waals surface area contributed by atoms with E-state index in [1.165, 1.54) is 6.07 Å². The van der Waals surface area contributed by atoms with Crippen LogP contribution in [0, 0.1) is 17.6 Å². The molecule has 0 aliphatic heterocycles. The van der Waals surface area contributed by atoms with Gasteiger partial charge in [0.1, 0.15) is 0 Å². The van der Waals surface area contributed by atoms with Crippen LogP contribution < -0.4 is 0 Å². The third kappa shape index (κ3) is 5.17. The van der Waals surface area contributed by atoms with Crippen LogP contribution in [0.5, 0.6) is 0 Å². The number of halogens is 2. The van der Waals surface area contributed by atoms with Gasteiger partial charge in [-0.1, -0.05) is 13.8 Å². The van der Waals surface area contributed by atoms with E-state index in [0.29, 0.717) is 19.1 Å². The molecule has 1 aromatic rings. The summed E-state index contributed by atoms with van der Waals surface area (Å²) in [6, 6.07) is 2.85. The van der Waals surface area contributed by atoms with Crippen LogP contribution in [0.1, 0.15) is 31.1 Å². The number of ether oxygens (including phenoxy) is 1. The van der Waals surface area contributed by atoms with Gasteiger partial charge in [0.15, 0.2) is 17.4 Å². The van der Waals surface area contributed by atoms with Crippen LogP contribution in [0.15, 0.2) is 18.2 Å². The van der Waals surface area contributed by atoms with Gasteiger partial charge in [-0.15, -0.1) is 0 Å². The number of rotatable bonds is 8. The van der Waals surface area contributed by atoms with Crippen molar-refractivity contribution in [2.24, 2.45) is 5.92 Å². The zero-order valence-electron chi connectivity index (χ0n) is 13.0. The fourth-order valence-corrected chi connectivity index (χ4v) is 2.18. The number of benzene rings is 1. The number of carbonyl (C=O) groups excluding carboxylic acids is 1. The summed E-state index contributed by atoms with van der Waals surface area (Å²) in [6.07, 6.45) is 0. The summed E-state index contributed by atoms with van der Waals surface area (Å²) in [4.78, 5) is 14.4. The Morgan fingerprint density at radius 3 is 2.43 bits per heavy atom. The highest BCUT2D eigenvalue weighted by molar-refractivity contribution is 5.99. The van der Waals surface area contributed by atoms with Crippen LogP contribution in [0.3, 0.4) is 0 Å². The Morgan fingerprint density at radius 1 is 1.24 bits per heavy atom. The number of hydrogen-bond donors (Lipinski definition) is 0. The lowest BCUT2D eigenvalue weighted by molar-refractivity contribution is 0.0749. The summed E-state index contributed by atoms with van der Waals surface area (Å²) in [5, 5.41) is 0. The monoisotopic (exact) mass is 299 g/mol. The molecule has 3 nitrogen and oxygen atoms in total. The first-order valence-electron chi connectivity index (χ1n) is 7.09. The van der Waals surface area contributed by atoms with Gasteiger partial charge in [0.25, 0.3) is 0 Å². The first-order valence-corrected chi connectivity index (χ1v) is 7.09. The van der Waals surface area contributed by atoms with Gasteiger partial charge in [-0.25, -0.2) is 8.78 Å². The van der Waals surface area contributed by atoms with Gasteiger partial charge in [0.2, 0.25) is 0 Å². The molecule has 0 aliphatic carbocycles. The van der Waals surface area contributed by atoms with Gasteiger partial charge >= 0.3 is 0 Å². The van der Waals surface area contributed by atoms with Gasteiger partial charge < -0.3 is 4.74 Å². The molecule has 5 heteroatoms. The van der Waals surface area contributed by atoms with Gasteiger partial charge in [0, 0.05) is 25.8 Å². The number of hydrogen-bond acceptors (Lipinski definition) is 3. The van der Waals surface area contributed by atoms with Crippen molar-refractivity contribution in [1.29, 1.82) is 0 Å². The van der Waals surface area contributed by atoms with Crippen LogP contribution in [-0.4, -0.2) is 43.5 Å². The minimum Gasteiger partial charge on any atom is -0.383 e. The summed E-state index contributed by atoms with van der Waals surface area (Å²) in [5.41, 5.74) is 0.188. The third-order valence-electron chi connectivity index (χ3n) is 3.31. The maximum Gasteiger partial charge on any atom is 0.179 e. The molecule has 118 valence electrons. The van der Waals surface area contributed by atoms with Gasteiger partial charge in [-0.05, 0) is 31.0 Å². The fraction of sp³-hybridized carbons (Fsp3) is 0.562. The highest BCUT2D eigenvalue weighted by Gasteiger charge is 2.23. The van der Waals surface area contributed by atoms with Crippen molar-refractivity contribution < 1.29 is 18.3 Å². The first-order chi connectivity index (χ1) is 9.86. The second-order valence-corrected chi connectivity index (χ2v) is 5.55. The zero-order valence-corrected chi connectivity index (χ0v) is 13.0. The van der Waals surface area contributed by atoms with Crippen molar-refractivity contribution in [2.45, 2.75) is 26.8 Å². The molecule has 0 bridgehead atoms. The average Bonchev–Trinajstić information content (AvgIpc) is 2.44. The third-order valence-corrected chi connectivity index (χ3v) is 3.31. The highest BCUT2D eigenvalue weighted by Crippen LogP contribution is 2.14. The van der Waals surface area contributed by atoms with E-state index in [0.717, 1.165) is 18.7 Å². The topological polar surface area (TPSA) is 29.5 Å². The Balaban J connectivity index is 2.87. The minimum absolute atomic E-state index is 0.188. The lowest BCUT2D eigenvalue weighted by atomic mass is 10.0. The van der Waals surface area contributed by atoms with Crippen LogP contribution >= 0.6 is 0 Å². The molecule has 1 aromatic carbocycles. The van der Waals surface area contributed by atoms with Gasteiger partial charge in [-0.2, -0.15) is 0 Å². The van der Waals surface area contributed by atoms with Crippen molar-refractivity contribution in [3.8, 4) is 0 Å². The Morgan fingerprint density at radius 2 is 1.90 bits per heavy atom. The van der Waals surface area contributed by atoms with E-state index in [4.69, 9.17) is 4.74 Å². The Kier molecular flexibility index (Phi) is 6.92. The first kappa shape index (κ1) is 17.7. The largest absolute Gasteiger partial charge is 0.383 e. The molecule has 0 aromatic heterocycles. The average molecular weight is 299 g/mol. The molecule has 1 atom stereocenters. The molecule has 21 heavy (non-hydrogen) atoms. The molecule has 0 amide bonds. The molecular formula is C16H23F2NO2. The number of ketones is 1. The summed E-state index contributed by atoms with van der Waals surface area (Å²) in [7, 11) is 1.61. The molecule has 0 heterocycles. The van der Waals surface area contributed by atoms with Gasteiger partial charge in [0.05, 0.1) is 12.6 Å². The van der Waals surface area contributed by atoms with Crippen LogP contribution in [0.2, 0.25) is 0 Å². The quantitative estimate of drug-likeness (QED) is 0.691. The molecule has 1 unspecified atom stereocenters. The van der Waals surface area contributed by atoms with E-state index in [1.54, 1.807) is 14.0 Å². The normalized spacial score (nSPS) is 13.0. The Bertz CT molecular complexity index is 477. The molecule has 0 saturated carbocycles. The molecule has 0 N–H and O–H groups in total. The van der Waals surface area contributed by atoms with Crippen LogP contribution in [0.25, 0.3) is 0 Å². The fourth-order valence-electron chi connectivity index (χ4n) is 2.18. The van der Waals surface area contributed by atoms with Crippen molar-refractivity contribution in [1.82, 2.24) is 4.90 Å². The van der Waals surface area contributed by atoms with Crippen molar-refractivity contribution >= 4 is 5.78 Å². The number of carbonyl (C=O) groups is 1. The molecule has 0 radical (unpaired) electrons. The molecule has 0 saturated heterocycles. The molecule has 0 spiro atoms. The molecule has 0 aliphatic rings. The van der Waals surface area contributed by atoms with Crippen molar-refractivity contribution in [2.75, 3.05) is 26.8 Å². The zero-order chi connectivity index (χ0) is 16.0. The number of nitrogens with zero attached hydrogens (tertiary/aromatic N) is 1. The summed E-state index contributed by atoms with van der Waals surface area (Å²) >= 11 is 0. The predicted molar refractivity (Wildman–Crippen MR) is 78.4 cm³/mol.